The minimum absolute atomic E-state index is 0.0553. The van der Waals surface area contributed by atoms with Gasteiger partial charge in [-0.05, 0) is 18.1 Å². The van der Waals surface area contributed by atoms with Crippen molar-refractivity contribution in [2.75, 3.05) is 0 Å². The summed E-state index contributed by atoms with van der Waals surface area (Å²) in [6.45, 7) is 1.88. The van der Waals surface area contributed by atoms with Crippen molar-refractivity contribution in [3.63, 3.8) is 0 Å². The van der Waals surface area contributed by atoms with Crippen molar-refractivity contribution < 1.29 is 14.3 Å². The molecule has 2 fully saturated rings. The Bertz CT molecular complexity index is 947. The molecule has 2 heterocycles. The highest BCUT2D eigenvalue weighted by atomic mass is 32.2. The average molecular weight is 404 g/mol. The van der Waals surface area contributed by atoms with Crippen LogP contribution in [-0.4, -0.2) is 32.9 Å². The number of ether oxygens (including phenoxy) is 1. The summed E-state index contributed by atoms with van der Waals surface area (Å²) in [4.78, 5) is 27.2. The third kappa shape index (κ3) is 3.54. The second-order valence-corrected chi connectivity index (χ2v) is 8.92. The molecule has 2 saturated heterocycles. The summed E-state index contributed by atoms with van der Waals surface area (Å²) >= 11 is 1.53. The van der Waals surface area contributed by atoms with Gasteiger partial charge in [0, 0.05) is 6.08 Å². The molecular formula is C23H20N2O3S. The molecule has 0 unspecified atom stereocenters. The lowest BCUT2D eigenvalue weighted by atomic mass is 9.95. The molecule has 3 atom stereocenters. The fourth-order valence-corrected chi connectivity index (χ4v) is 5.54. The van der Waals surface area contributed by atoms with Gasteiger partial charge in [-0.15, -0.1) is 11.8 Å². The van der Waals surface area contributed by atoms with Crippen LogP contribution in [0.1, 0.15) is 30.6 Å². The zero-order valence-electron chi connectivity index (χ0n) is 15.9. The van der Waals surface area contributed by atoms with Crippen molar-refractivity contribution in [2.45, 2.75) is 35.6 Å². The van der Waals surface area contributed by atoms with E-state index in [1.54, 1.807) is 11.0 Å². The lowest BCUT2D eigenvalue weighted by molar-refractivity contribution is -0.163. The summed E-state index contributed by atoms with van der Waals surface area (Å²) in [6, 6.07) is 20.3. The molecule has 2 aromatic rings. The molecule has 0 spiro atoms. The molecule has 0 bridgehead atoms. The third-order valence-corrected chi connectivity index (χ3v) is 6.84. The normalized spacial score (nSPS) is 25.6. The Balaban J connectivity index is 1.67. The fourth-order valence-electron chi connectivity index (χ4n) is 3.89. The van der Waals surface area contributed by atoms with E-state index in [2.05, 4.69) is 0 Å². The molecule has 0 radical (unpaired) electrons. The number of esters is 1. The molecule has 29 heavy (non-hydrogen) atoms. The highest BCUT2D eigenvalue weighted by Gasteiger charge is 2.60. The number of nitrogens with zero attached hydrogens (tertiary/aromatic N) is 2. The number of amides is 1. The van der Waals surface area contributed by atoms with E-state index in [0.29, 0.717) is 6.42 Å². The highest BCUT2D eigenvalue weighted by molar-refractivity contribution is 8.01. The molecule has 6 heteroatoms. The second kappa shape index (κ2) is 7.76. The second-order valence-electron chi connectivity index (χ2n) is 7.26. The maximum atomic E-state index is 13.4. The lowest BCUT2D eigenvalue weighted by Gasteiger charge is -2.38. The maximum absolute atomic E-state index is 13.4. The van der Waals surface area contributed by atoms with Crippen LogP contribution in [0.15, 0.2) is 72.8 Å². The van der Waals surface area contributed by atoms with E-state index in [9.17, 15) is 9.59 Å². The minimum atomic E-state index is -0.765. The maximum Gasteiger partial charge on any atom is 0.331 e. The van der Waals surface area contributed by atoms with Gasteiger partial charge in [-0.25, -0.2) is 4.79 Å². The standard InChI is InChI=1S/C23H20N2O3S/c1-23(13-8-14-24)21(25-18(26)15-19(25)29-23)22(27)28-20(16-9-4-2-5-10-16)17-11-6-3-7-12-17/h2-13,19-21H,15H2,1H3/t19-,21+,23+/m1/s1. The molecule has 2 aliphatic heterocycles. The predicted molar refractivity (Wildman–Crippen MR) is 111 cm³/mol. The van der Waals surface area contributed by atoms with Gasteiger partial charge in [-0.2, -0.15) is 5.26 Å². The predicted octanol–water partition coefficient (Wildman–Crippen LogP) is 3.83. The molecule has 0 aliphatic carbocycles. The summed E-state index contributed by atoms with van der Waals surface area (Å²) in [6.07, 6.45) is 2.91. The summed E-state index contributed by atoms with van der Waals surface area (Å²) in [7, 11) is 0. The summed E-state index contributed by atoms with van der Waals surface area (Å²) < 4.78 is 5.31. The SMILES string of the molecule is C[C@@]1(C=CC#N)S[C@@H]2CC(=O)N2[C@H]1C(=O)OC(c1ccccc1)c1ccccc1. The first kappa shape index (κ1) is 19.3. The van der Waals surface area contributed by atoms with E-state index in [0.717, 1.165) is 11.1 Å². The zero-order chi connectivity index (χ0) is 20.4. The number of allylic oxidation sites excluding steroid dienone is 1. The van der Waals surface area contributed by atoms with Crippen LogP contribution in [0.2, 0.25) is 0 Å². The van der Waals surface area contributed by atoms with Crippen molar-refractivity contribution >= 4 is 23.6 Å². The van der Waals surface area contributed by atoms with Crippen LogP contribution in [0.25, 0.3) is 0 Å². The van der Waals surface area contributed by atoms with Gasteiger partial charge in [0.15, 0.2) is 6.10 Å². The number of carbonyl (C=O) groups is 2. The Labute approximate surface area is 174 Å². The van der Waals surface area contributed by atoms with Gasteiger partial charge in [0.2, 0.25) is 5.91 Å². The van der Waals surface area contributed by atoms with E-state index >= 15 is 0 Å². The smallest absolute Gasteiger partial charge is 0.331 e. The number of β-lactam (4-membered cyclic amide) rings is 1. The molecule has 0 aromatic heterocycles. The summed E-state index contributed by atoms with van der Waals surface area (Å²) in [5.74, 6) is -0.523. The van der Waals surface area contributed by atoms with Gasteiger partial charge in [-0.3, -0.25) is 4.79 Å². The zero-order valence-corrected chi connectivity index (χ0v) is 16.7. The molecule has 5 nitrogen and oxygen atoms in total. The third-order valence-electron chi connectivity index (χ3n) is 5.31. The number of carbonyl (C=O) groups excluding carboxylic acids is 2. The van der Waals surface area contributed by atoms with Crippen LogP contribution in [0.4, 0.5) is 0 Å². The molecule has 146 valence electrons. The Morgan fingerprint density at radius 2 is 1.79 bits per heavy atom. The van der Waals surface area contributed by atoms with Crippen LogP contribution >= 0.6 is 11.8 Å². The number of hydrogen-bond acceptors (Lipinski definition) is 5. The lowest BCUT2D eigenvalue weighted by Crippen LogP contribution is -2.57. The van der Waals surface area contributed by atoms with Crippen LogP contribution in [0, 0.1) is 11.3 Å². The monoisotopic (exact) mass is 404 g/mol. The average Bonchev–Trinajstić information content (AvgIpc) is 2.99. The van der Waals surface area contributed by atoms with Crippen molar-refractivity contribution in [1.82, 2.24) is 4.90 Å². The molecule has 2 aromatic carbocycles. The van der Waals surface area contributed by atoms with E-state index in [-0.39, 0.29) is 11.3 Å². The molecule has 0 saturated carbocycles. The van der Waals surface area contributed by atoms with E-state index < -0.39 is 22.9 Å². The first-order valence-electron chi connectivity index (χ1n) is 9.40. The number of benzene rings is 2. The van der Waals surface area contributed by atoms with Gasteiger partial charge in [0.05, 0.1) is 22.6 Å². The van der Waals surface area contributed by atoms with Crippen molar-refractivity contribution in [3.05, 3.63) is 83.9 Å². The largest absolute Gasteiger partial charge is 0.451 e. The van der Waals surface area contributed by atoms with Gasteiger partial charge >= 0.3 is 5.97 Å². The van der Waals surface area contributed by atoms with E-state index in [1.807, 2.05) is 73.7 Å². The first-order valence-corrected chi connectivity index (χ1v) is 10.3. The van der Waals surface area contributed by atoms with Crippen LogP contribution in [-0.2, 0) is 14.3 Å². The fraction of sp³-hybridized carbons (Fsp3) is 0.261. The Hall–Kier alpha value is -3.04. The Kier molecular flexibility index (Phi) is 5.16. The Morgan fingerprint density at radius 1 is 1.21 bits per heavy atom. The van der Waals surface area contributed by atoms with E-state index in [4.69, 9.17) is 10.00 Å². The molecule has 2 aliphatic rings. The van der Waals surface area contributed by atoms with Crippen molar-refractivity contribution in [1.29, 1.82) is 5.26 Å². The number of rotatable bonds is 5. The van der Waals surface area contributed by atoms with Gasteiger partial charge in [0.1, 0.15) is 6.04 Å². The summed E-state index contributed by atoms with van der Waals surface area (Å²) in [5.41, 5.74) is 1.72. The molecular weight excluding hydrogens is 384 g/mol. The minimum Gasteiger partial charge on any atom is -0.451 e. The highest BCUT2D eigenvalue weighted by Crippen LogP contribution is 2.52. The number of nitriles is 1. The molecule has 4 rings (SSSR count). The number of thioether (sulfide) groups is 1. The molecule has 0 N–H and O–H groups in total. The molecule has 1 amide bonds. The first-order chi connectivity index (χ1) is 14.0. The quantitative estimate of drug-likeness (QED) is 0.430. The van der Waals surface area contributed by atoms with E-state index in [1.165, 1.54) is 17.8 Å². The van der Waals surface area contributed by atoms with Gasteiger partial charge < -0.3 is 9.64 Å². The van der Waals surface area contributed by atoms with Gasteiger partial charge in [-0.1, -0.05) is 66.7 Å². The van der Waals surface area contributed by atoms with Crippen LogP contribution in [0.5, 0.6) is 0 Å². The number of hydrogen-bond donors (Lipinski definition) is 0. The summed E-state index contributed by atoms with van der Waals surface area (Å²) in [5, 5.41) is 8.91. The van der Waals surface area contributed by atoms with Gasteiger partial charge in [0.25, 0.3) is 0 Å². The Morgan fingerprint density at radius 3 is 2.31 bits per heavy atom. The van der Waals surface area contributed by atoms with Crippen molar-refractivity contribution in [2.24, 2.45) is 0 Å². The van der Waals surface area contributed by atoms with Crippen LogP contribution in [0.3, 0.4) is 0 Å². The van der Waals surface area contributed by atoms with Crippen molar-refractivity contribution in [3.8, 4) is 6.07 Å². The van der Waals surface area contributed by atoms with Crippen LogP contribution < -0.4 is 0 Å². The number of fused-ring (bicyclic) bond motifs is 1. The topological polar surface area (TPSA) is 70.4 Å².